The van der Waals surface area contributed by atoms with Crippen LogP contribution >= 0.6 is 0 Å². The van der Waals surface area contributed by atoms with Gasteiger partial charge in [-0.25, -0.2) is 4.79 Å². The molecule has 0 atom stereocenters. The normalized spacial score (nSPS) is 11.9. The van der Waals surface area contributed by atoms with Gasteiger partial charge in [-0.3, -0.25) is 0 Å². The van der Waals surface area contributed by atoms with Crippen LogP contribution < -0.4 is 0 Å². The van der Waals surface area contributed by atoms with Crippen LogP contribution in [0.3, 0.4) is 0 Å². The molecule has 0 N–H and O–H groups in total. The zero-order valence-corrected chi connectivity index (χ0v) is 13.0. The number of alkyl halides is 6. The maximum absolute atomic E-state index is 12.6. The second kappa shape index (κ2) is 7.67. The van der Waals surface area contributed by atoms with E-state index in [9.17, 15) is 31.1 Å². The highest BCUT2D eigenvalue weighted by molar-refractivity contribution is 5.60. The summed E-state index contributed by atoms with van der Waals surface area (Å²) in [6.07, 6.45) is -10.3. The number of hydrogen-bond donors (Lipinski definition) is 0. The summed E-state index contributed by atoms with van der Waals surface area (Å²) < 4.78 is 84.8. The Morgan fingerprint density at radius 1 is 0.731 bits per heavy atom. The summed E-state index contributed by atoms with van der Waals surface area (Å²) in [4.78, 5) is 11.5. The van der Waals surface area contributed by atoms with Gasteiger partial charge in [0.25, 0.3) is 0 Å². The van der Waals surface area contributed by atoms with E-state index in [-0.39, 0.29) is 11.1 Å². The van der Waals surface area contributed by atoms with Crippen LogP contribution in [0.25, 0.3) is 0 Å². The van der Waals surface area contributed by atoms with E-state index in [1.54, 1.807) is 0 Å². The van der Waals surface area contributed by atoms with Gasteiger partial charge in [0.15, 0.2) is 0 Å². The second-order valence-corrected chi connectivity index (χ2v) is 5.22. The standard InChI is InChI=1S/C17H12F6O3/c18-16(19,20)13-5-1-3-11(7-13)9-25-15(24)26-10-12-4-2-6-14(8-12)17(21,22)23/h1-8H,9-10H2. The second-order valence-electron chi connectivity index (χ2n) is 5.22. The fourth-order valence-corrected chi connectivity index (χ4v) is 2.00. The largest absolute Gasteiger partial charge is 0.508 e. The van der Waals surface area contributed by atoms with Gasteiger partial charge in [-0.15, -0.1) is 0 Å². The van der Waals surface area contributed by atoms with Gasteiger partial charge in [0.1, 0.15) is 13.2 Å². The average molecular weight is 378 g/mol. The first-order valence-corrected chi connectivity index (χ1v) is 7.17. The van der Waals surface area contributed by atoms with Gasteiger partial charge in [0, 0.05) is 0 Å². The van der Waals surface area contributed by atoms with Crippen LogP contribution in [0.5, 0.6) is 0 Å². The maximum Gasteiger partial charge on any atom is 0.508 e. The predicted octanol–water partition coefficient (Wildman–Crippen LogP) is 5.58. The minimum Gasteiger partial charge on any atom is -0.429 e. The summed E-state index contributed by atoms with van der Waals surface area (Å²) in [7, 11) is 0. The van der Waals surface area contributed by atoms with E-state index in [2.05, 4.69) is 9.47 Å². The molecular formula is C17H12F6O3. The Bertz CT molecular complexity index is 704. The molecule has 0 bridgehead atoms. The number of hydrogen-bond acceptors (Lipinski definition) is 3. The Kier molecular flexibility index (Phi) is 5.79. The maximum atomic E-state index is 12.6. The van der Waals surface area contributed by atoms with Crippen LogP contribution in [-0.2, 0) is 35.0 Å². The summed E-state index contributed by atoms with van der Waals surface area (Å²) in [5, 5.41) is 0. The highest BCUT2D eigenvalue weighted by Gasteiger charge is 2.31. The molecule has 0 radical (unpaired) electrons. The SMILES string of the molecule is O=C(OCc1cccc(C(F)(F)F)c1)OCc1cccc(C(F)(F)F)c1. The molecule has 0 unspecified atom stereocenters. The van der Waals surface area contributed by atoms with Gasteiger partial charge in [-0.2, -0.15) is 26.3 Å². The third kappa shape index (κ3) is 5.68. The number of ether oxygens (including phenoxy) is 2. The molecule has 0 aliphatic carbocycles. The lowest BCUT2D eigenvalue weighted by molar-refractivity contribution is -0.138. The fourth-order valence-electron chi connectivity index (χ4n) is 2.00. The van der Waals surface area contributed by atoms with Gasteiger partial charge < -0.3 is 9.47 Å². The Labute approximate surface area is 144 Å². The predicted molar refractivity (Wildman–Crippen MR) is 77.9 cm³/mol. The monoisotopic (exact) mass is 378 g/mol. The lowest BCUT2D eigenvalue weighted by Crippen LogP contribution is -2.10. The number of carbonyl (C=O) groups excluding carboxylic acids is 1. The van der Waals surface area contributed by atoms with Crippen molar-refractivity contribution in [1.29, 1.82) is 0 Å². The van der Waals surface area contributed by atoms with Crippen LogP contribution in [0.4, 0.5) is 31.1 Å². The van der Waals surface area contributed by atoms with Crippen molar-refractivity contribution in [2.75, 3.05) is 0 Å². The molecule has 0 aliphatic rings. The van der Waals surface area contributed by atoms with Crippen molar-refractivity contribution in [2.45, 2.75) is 25.6 Å². The quantitative estimate of drug-likeness (QED) is 0.515. The van der Waals surface area contributed by atoms with Crippen molar-refractivity contribution in [3.63, 3.8) is 0 Å². The first kappa shape index (κ1) is 19.6. The number of carbonyl (C=O) groups is 1. The number of rotatable bonds is 4. The molecule has 0 aromatic heterocycles. The molecule has 0 fully saturated rings. The van der Waals surface area contributed by atoms with E-state index in [0.29, 0.717) is 0 Å². The molecule has 9 heteroatoms. The zero-order valence-electron chi connectivity index (χ0n) is 13.0. The lowest BCUT2D eigenvalue weighted by atomic mass is 10.1. The topological polar surface area (TPSA) is 35.5 Å². The van der Waals surface area contributed by atoms with Crippen molar-refractivity contribution in [1.82, 2.24) is 0 Å². The average Bonchev–Trinajstić information content (AvgIpc) is 2.57. The van der Waals surface area contributed by atoms with Crippen molar-refractivity contribution >= 4 is 6.16 Å². The Morgan fingerprint density at radius 3 is 1.46 bits per heavy atom. The summed E-state index contributed by atoms with van der Waals surface area (Å²) in [6.45, 7) is -0.934. The van der Waals surface area contributed by atoms with Crippen LogP contribution in [0.2, 0.25) is 0 Å². The minimum absolute atomic E-state index is 0.0934. The third-order valence-electron chi connectivity index (χ3n) is 3.22. The Balaban J connectivity index is 1.88. The van der Waals surface area contributed by atoms with Gasteiger partial charge in [-0.05, 0) is 35.4 Å². The Hall–Kier alpha value is -2.71. The van der Waals surface area contributed by atoms with E-state index in [1.807, 2.05) is 0 Å². The summed E-state index contributed by atoms with van der Waals surface area (Å²) >= 11 is 0. The third-order valence-corrected chi connectivity index (χ3v) is 3.22. The van der Waals surface area contributed by atoms with Crippen LogP contribution in [0.15, 0.2) is 48.5 Å². The highest BCUT2D eigenvalue weighted by Crippen LogP contribution is 2.30. The molecule has 2 aromatic rings. The first-order chi connectivity index (χ1) is 12.1. The fraction of sp³-hybridized carbons (Fsp3) is 0.235. The van der Waals surface area contributed by atoms with Crippen LogP contribution in [0.1, 0.15) is 22.3 Å². The minimum atomic E-state index is -4.53. The molecule has 26 heavy (non-hydrogen) atoms. The number of benzene rings is 2. The molecular weight excluding hydrogens is 366 g/mol. The van der Waals surface area contributed by atoms with Crippen molar-refractivity contribution in [2.24, 2.45) is 0 Å². The van der Waals surface area contributed by atoms with Crippen LogP contribution in [0, 0.1) is 0 Å². The molecule has 3 nitrogen and oxygen atoms in total. The van der Waals surface area contributed by atoms with Crippen LogP contribution in [-0.4, -0.2) is 6.16 Å². The summed E-state index contributed by atoms with van der Waals surface area (Å²) in [5.41, 5.74) is -1.60. The molecule has 140 valence electrons. The molecule has 2 aromatic carbocycles. The van der Waals surface area contributed by atoms with Crippen molar-refractivity contribution in [3.8, 4) is 0 Å². The van der Waals surface area contributed by atoms with Crippen molar-refractivity contribution < 1.29 is 40.6 Å². The van der Waals surface area contributed by atoms with E-state index < -0.39 is 42.8 Å². The van der Waals surface area contributed by atoms with Gasteiger partial charge in [0.2, 0.25) is 0 Å². The summed E-state index contributed by atoms with van der Waals surface area (Å²) in [5.74, 6) is 0. The van der Waals surface area contributed by atoms with Gasteiger partial charge in [0.05, 0.1) is 11.1 Å². The smallest absolute Gasteiger partial charge is 0.429 e. The summed E-state index contributed by atoms with van der Waals surface area (Å²) in [6, 6.07) is 8.36. The molecule has 0 amide bonds. The van der Waals surface area contributed by atoms with Gasteiger partial charge >= 0.3 is 18.5 Å². The molecule has 0 saturated carbocycles. The zero-order chi connectivity index (χ0) is 19.4. The molecule has 0 aliphatic heterocycles. The molecule has 0 saturated heterocycles. The van der Waals surface area contributed by atoms with Gasteiger partial charge in [-0.1, -0.05) is 24.3 Å². The van der Waals surface area contributed by atoms with E-state index >= 15 is 0 Å². The molecule has 0 heterocycles. The van der Waals surface area contributed by atoms with E-state index in [0.717, 1.165) is 36.4 Å². The number of halogens is 6. The highest BCUT2D eigenvalue weighted by atomic mass is 19.4. The first-order valence-electron chi connectivity index (χ1n) is 7.17. The molecule has 2 rings (SSSR count). The Morgan fingerprint density at radius 2 is 1.12 bits per heavy atom. The van der Waals surface area contributed by atoms with E-state index in [1.165, 1.54) is 12.1 Å². The van der Waals surface area contributed by atoms with E-state index in [4.69, 9.17) is 0 Å². The molecule has 0 spiro atoms. The lowest BCUT2D eigenvalue weighted by Gasteiger charge is -2.10. The van der Waals surface area contributed by atoms with Crippen molar-refractivity contribution in [3.05, 3.63) is 70.8 Å².